The number of carbonyl (C=O) groups is 2. The Bertz CT molecular complexity index is 1060. The van der Waals surface area contributed by atoms with Gasteiger partial charge in [0.15, 0.2) is 0 Å². The fraction of sp³-hybridized carbons (Fsp3) is 0.316. The number of piperazine rings is 1. The number of carbonyl (C=O) groups excluding carboxylic acids is 2. The van der Waals surface area contributed by atoms with Crippen LogP contribution in [0.3, 0.4) is 0 Å². The van der Waals surface area contributed by atoms with Crippen molar-refractivity contribution < 1.29 is 14.3 Å². The number of hydrogen-bond acceptors (Lipinski definition) is 7. The molecule has 0 spiro atoms. The van der Waals surface area contributed by atoms with E-state index in [0.29, 0.717) is 31.9 Å². The number of rotatable bonds is 4. The number of amides is 1. The first-order chi connectivity index (χ1) is 13.6. The molecule has 0 unspecified atom stereocenters. The Labute approximate surface area is 169 Å². The first kappa shape index (κ1) is 18.7. The van der Waals surface area contributed by atoms with Gasteiger partial charge in [0.25, 0.3) is 11.5 Å². The van der Waals surface area contributed by atoms with Crippen LogP contribution < -0.4 is 10.5 Å². The van der Waals surface area contributed by atoms with Crippen LogP contribution in [0.15, 0.2) is 33.8 Å². The number of nitrogens with one attached hydrogen (secondary N) is 1. The van der Waals surface area contributed by atoms with E-state index in [2.05, 4.69) is 4.98 Å². The number of fused-ring (bicyclic) bond motifs is 1. The second-order valence-corrected chi connectivity index (χ2v) is 8.18. The number of hydrogen-bond donors (Lipinski definition) is 1. The average Bonchev–Trinajstić information content (AvgIpc) is 3.38. The van der Waals surface area contributed by atoms with Gasteiger partial charge in [-0.2, -0.15) is 0 Å². The van der Waals surface area contributed by atoms with Crippen molar-refractivity contribution in [3.8, 4) is 0 Å². The van der Waals surface area contributed by atoms with Gasteiger partial charge in [-0.15, -0.1) is 22.7 Å². The zero-order valence-corrected chi connectivity index (χ0v) is 16.9. The number of nitrogens with zero attached hydrogens (tertiary/aromatic N) is 2. The van der Waals surface area contributed by atoms with Crippen LogP contribution in [0.4, 0.5) is 5.69 Å². The lowest BCUT2D eigenvalue weighted by atomic mass is 10.1. The number of thiophene rings is 2. The van der Waals surface area contributed by atoms with E-state index in [1.807, 2.05) is 38.8 Å². The second-order valence-electron chi connectivity index (χ2n) is 6.32. The molecule has 3 aromatic rings. The van der Waals surface area contributed by atoms with Crippen molar-refractivity contribution >= 4 is 50.5 Å². The first-order valence-electron chi connectivity index (χ1n) is 8.98. The Hall–Kier alpha value is -2.65. The third-order valence-corrected chi connectivity index (χ3v) is 6.39. The Morgan fingerprint density at radius 1 is 1.14 bits per heavy atom. The fourth-order valence-corrected chi connectivity index (χ4v) is 4.88. The lowest BCUT2D eigenvalue weighted by molar-refractivity contribution is 0.0524. The molecular formula is C19H19N3O4S2. The maximum Gasteiger partial charge on any atom is 0.345 e. The van der Waals surface area contributed by atoms with Gasteiger partial charge in [-0.1, -0.05) is 6.07 Å². The molecule has 0 aliphatic carbocycles. The van der Waals surface area contributed by atoms with Crippen molar-refractivity contribution in [2.24, 2.45) is 0 Å². The molecule has 0 bridgehead atoms. The van der Waals surface area contributed by atoms with E-state index in [1.165, 1.54) is 22.7 Å². The smallest absolute Gasteiger partial charge is 0.345 e. The lowest BCUT2D eigenvalue weighted by Gasteiger charge is -2.36. The maximum absolute atomic E-state index is 12.6. The summed E-state index contributed by atoms with van der Waals surface area (Å²) in [5.74, 6) is -0.601. The molecule has 0 atom stereocenters. The molecule has 3 aromatic heterocycles. The van der Waals surface area contributed by atoms with Gasteiger partial charge >= 0.3 is 5.97 Å². The van der Waals surface area contributed by atoms with Crippen LogP contribution in [-0.2, 0) is 4.74 Å². The summed E-state index contributed by atoms with van der Waals surface area (Å²) in [4.78, 5) is 45.7. The molecule has 1 aliphatic rings. The molecule has 28 heavy (non-hydrogen) atoms. The van der Waals surface area contributed by atoms with Crippen LogP contribution in [0, 0.1) is 0 Å². The molecule has 1 aliphatic heterocycles. The number of anilines is 1. The minimum absolute atomic E-state index is 0.0202. The van der Waals surface area contributed by atoms with Crippen molar-refractivity contribution in [2.75, 3.05) is 37.7 Å². The van der Waals surface area contributed by atoms with E-state index in [1.54, 1.807) is 6.92 Å². The highest BCUT2D eigenvalue weighted by molar-refractivity contribution is 7.16. The van der Waals surface area contributed by atoms with Gasteiger partial charge in [0, 0.05) is 31.6 Å². The molecule has 0 saturated carbocycles. The molecule has 0 radical (unpaired) electrons. The molecule has 9 heteroatoms. The monoisotopic (exact) mass is 417 g/mol. The Kier molecular flexibility index (Phi) is 5.19. The largest absolute Gasteiger partial charge is 0.462 e. The van der Waals surface area contributed by atoms with Crippen LogP contribution >= 0.6 is 22.7 Å². The van der Waals surface area contributed by atoms with E-state index in [9.17, 15) is 14.4 Å². The highest BCUT2D eigenvalue weighted by Gasteiger charge is 2.29. The van der Waals surface area contributed by atoms with E-state index >= 15 is 0 Å². The van der Waals surface area contributed by atoms with Crippen molar-refractivity contribution in [2.45, 2.75) is 6.92 Å². The van der Waals surface area contributed by atoms with Gasteiger partial charge in [0.2, 0.25) is 0 Å². The Morgan fingerprint density at radius 2 is 1.93 bits per heavy atom. The normalized spacial score (nSPS) is 14.5. The fourth-order valence-electron chi connectivity index (χ4n) is 3.41. The zero-order valence-electron chi connectivity index (χ0n) is 15.3. The maximum atomic E-state index is 12.6. The summed E-state index contributed by atoms with van der Waals surface area (Å²) >= 11 is 2.85. The molecule has 7 nitrogen and oxygen atoms in total. The Balaban J connectivity index is 1.65. The van der Waals surface area contributed by atoms with Crippen molar-refractivity contribution in [1.29, 1.82) is 0 Å². The summed E-state index contributed by atoms with van der Waals surface area (Å²) in [7, 11) is 0. The van der Waals surface area contributed by atoms with E-state index < -0.39 is 11.5 Å². The summed E-state index contributed by atoms with van der Waals surface area (Å²) in [6.45, 7) is 4.04. The minimum atomic E-state index is -0.621. The summed E-state index contributed by atoms with van der Waals surface area (Å²) in [6.07, 6.45) is 0. The number of esters is 1. The van der Waals surface area contributed by atoms with E-state index in [4.69, 9.17) is 4.74 Å². The van der Waals surface area contributed by atoms with Crippen LogP contribution in [0.5, 0.6) is 0 Å². The molecule has 0 aromatic carbocycles. The van der Waals surface area contributed by atoms with Crippen LogP contribution in [0.1, 0.15) is 27.0 Å². The van der Waals surface area contributed by atoms with Gasteiger partial charge in [-0.05, 0) is 29.8 Å². The number of aromatic amines is 1. The predicted molar refractivity (Wildman–Crippen MR) is 111 cm³/mol. The first-order valence-corrected chi connectivity index (χ1v) is 10.7. The summed E-state index contributed by atoms with van der Waals surface area (Å²) in [6, 6.07) is 5.59. The quantitative estimate of drug-likeness (QED) is 0.660. The van der Waals surface area contributed by atoms with Gasteiger partial charge < -0.3 is 19.5 Å². The average molecular weight is 418 g/mol. The molecule has 1 amide bonds. The van der Waals surface area contributed by atoms with Gasteiger partial charge in [0.05, 0.1) is 17.2 Å². The highest BCUT2D eigenvalue weighted by atomic mass is 32.1. The highest BCUT2D eigenvalue weighted by Crippen LogP contribution is 2.32. The predicted octanol–water partition coefficient (Wildman–Crippen LogP) is 2.79. The molecule has 4 rings (SSSR count). The Morgan fingerprint density at radius 3 is 2.61 bits per heavy atom. The zero-order chi connectivity index (χ0) is 19.7. The van der Waals surface area contributed by atoms with Crippen molar-refractivity contribution in [3.63, 3.8) is 0 Å². The molecule has 1 fully saturated rings. The SMILES string of the molecule is CCOC(=O)c1c(N2CCN(C(=O)c3cccs3)CC2)c2ccsc2[nH]c1=O. The third-order valence-electron chi connectivity index (χ3n) is 4.71. The molecule has 4 heterocycles. The van der Waals surface area contributed by atoms with Gasteiger partial charge in [0.1, 0.15) is 10.4 Å². The third kappa shape index (κ3) is 3.31. The number of H-pyrrole nitrogens is 1. The second kappa shape index (κ2) is 7.76. The topological polar surface area (TPSA) is 82.7 Å². The summed E-state index contributed by atoms with van der Waals surface area (Å²) in [5, 5.41) is 4.60. The van der Waals surface area contributed by atoms with Crippen LogP contribution in [-0.4, -0.2) is 54.5 Å². The molecule has 146 valence electrons. The number of pyridine rings is 1. The number of aromatic nitrogens is 1. The molecular weight excluding hydrogens is 398 g/mol. The number of ether oxygens (including phenoxy) is 1. The summed E-state index contributed by atoms with van der Waals surface area (Å²) in [5.41, 5.74) is 0.188. The standard InChI is InChI=1S/C19H19N3O4S2/c1-2-26-19(25)14-15(12-5-11-28-17(12)20-16(14)23)21-6-8-22(9-7-21)18(24)13-4-3-10-27-13/h3-5,10-11H,2,6-9H2,1H3,(H,20,23). The summed E-state index contributed by atoms with van der Waals surface area (Å²) < 4.78 is 5.13. The van der Waals surface area contributed by atoms with Gasteiger partial charge in [-0.3, -0.25) is 9.59 Å². The van der Waals surface area contributed by atoms with Gasteiger partial charge in [-0.25, -0.2) is 4.79 Å². The van der Waals surface area contributed by atoms with Crippen LogP contribution in [0.25, 0.3) is 10.2 Å². The van der Waals surface area contributed by atoms with Crippen LogP contribution in [0.2, 0.25) is 0 Å². The van der Waals surface area contributed by atoms with Crippen molar-refractivity contribution in [3.05, 3.63) is 49.8 Å². The lowest BCUT2D eigenvalue weighted by Crippen LogP contribution is -2.49. The van der Waals surface area contributed by atoms with E-state index in [0.717, 1.165) is 15.1 Å². The van der Waals surface area contributed by atoms with Crippen molar-refractivity contribution in [1.82, 2.24) is 9.88 Å². The van der Waals surface area contributed by atoms with E-state index in [-0.39, 0.29) is 18.1 Å². The molecule has 1 saturated heterocycles. The minimum Gasteiger partial charge on any atom is -0.462 e. The molecule has 1 N–H and O–H groups in total.